The fourth-order valence-electron chi connectivity index (χ4n) is 5.28. The quantitative estimate of drug-likeness (QED) is 0.275. The average Bonchev–Trinajstić information content (AvgIpc) is 3.59. The van der Waals surface area contributed by atoms with Gasteiger partial charge in [0.2, 0.25) is 0 Å². The number of carbonyl (C=O) groups is 1. The number of amides is 1. The van der Waals surface area contributed by atoms with Crippen LogP contribution in [0.5, 0.6) is 0 Å². The smallest absolute Gasteiger partial charge is 0.455 e. The molecule has 2 aliphatic rings. The Labute approximate surface area is 235 Å². The summed E-state index contributed by atoms with van der Waals surface area (Å²) in [5, 5.41) is 15.5. The first-order valence-electron chi connectivity index (χ1n) is 12.7. The van der Waals surface area contributed by atoms with E-state index in [2.05, 4.69) is 10.6 Å². The largest absolute Gasteiger partial charge is 0.493 e. The second-order valence-electron chi connectivity index (χ2n) is 10.2. The zero-order valence-corrected chi connectivity index (χ0v) is 23.2. The van der Waals surface area contributed by atoms with Crippen LogP contribution in [0, 0.1) is 5.82 Å². The Balaban J connectivity index is 1.52. The lowest BCUT2D eigenvalue weighted by molar-refractivity contribution is 0.0964. The zero-order chi connectivity index (χ0) is 28.3. The molecule has 3 aromatic carbocycles. The first-order valence-corrected chi connectivity index (χ1v) is 15.0. The highest BCUT2D eigenvalue weighted by Crippen LogP contribution is 2.47. The summed E-state index contributed by atoms with van der Waals surface area (Å²) in [6.45, 7) is 0.148. The highest BCUT2D eigenvalue weighted by Gasteiger charge is 2.36. The van der Waals surface area contributed by atoms with Crippen molar-refractivity contribution in [1.29, 1.82) is 0 Å². The number of halogens is 2. The maximum Gasteiger partial charge on any atom is 0.493 e. The van der Waals surface area contributed by atoms with Crippen LogP contribution in [0.3, 0.4) is 0 Å². The van der Waals surface area contributed by atoms with E-state index in [0.29, 0.717) is 44.4 Å². The van der Waals surface area contributed by atoms with Gasteiger partial charge < -0.3 is 24.7 Å². The highest BCUT2D eigenvalue weighted by molar-refractivity contribution is 7.91. The lowest BCUT2D eigenvalue weighted by atomic mass is 9.79. The molecule has 40 heavy (non-hydrogen) atoms. The van der Waals surface area contributed by atoms with E-state index in [4.69, 9.17) is 20.7 Å². The summed E-state index contributed by atoms with van der Waals surface area (Å²) < 4.78 is 51.5. The van der Waals surface area contributed by atoms with E-state index in [1.165, 1.54) is 31.3 Å². The van der Waals surface area contributed by atoms with Crippen molar-refractivity contribution in [3.63, 3.8) is 0 Å². The molecule has 1 saturated carbocycles. The van der Waals surface area contributed by atoms with Gasteiger partial charge in [0.1, 0.15) is 17.2 Å². The first kappa shape index (κ1) is 26.8. The number of furan rings is 1. The average molecular weight is 583 g/mol. The summed E-state index contributed by atoms with van der Waals surface area (Å²) in [7, 11) is -3.34. The summed E-state index contributed by atoms with van der Waals surface area (Å²) in [6.07, 6.45) is 2.91. The molecule has 4 aromatic rings. The number of benzene rings is 3. The van der Waals surface area contributed by atoms with E-state index in [1.807, 2.05) is 6.07 Å². The van der Waals surface area contributed by atoms with Gasteiger partial charge in [0.15, 0.2) is 15.2 Å². The molecule has 3 N–H and O–H groups in total. The van der Waals surface area contributed by atoms with Gasteiger partial charge in [-0.3, -0.25) is 4.79 Å². The third-order valence-electron chi connectivity index (χ3n) is 7.34. The van der Waals surface area contributed by atoms with Crippen molar-refractivity contribution in [2.75, 3.05) is 18.6 Å². The molecule has 1 aromatic heterocycles. The van der Waals surface area contributed by atoms with Crippen molar-refractivity contribution in [2.24, 2.45) is 0 Å². The van der Waals surface area contributed by atoms with Crippen LogP contribution in [0.4, 0.5) is 10.1 Å². The van der Waals surface area contributed by atoms with Crippen molar-refractivity contribution >= 4 is 56.6 Å². The molecule has 0 radical (unpaired) electrons. The van der Waals surface area contributed by atoms with Crippen molar-refractivity contribution < 1.29 is 31.7 Å². The van der Waals surface area contributed by atoms with Gasteiger partial charge in [-0.2, -0.15) is 0 Å². The molecule has 206 valence electrons. The van der Waals surface area contributed by atoms with E-state index in [0.717, 1.165) is 24.7 Å². The Bertz CT molecular complexity index is 1770. The molecule has 1 aliphatic heterocycles. The van der Waals surface area contributed by atoms with Crippen molar-refractivity contribution in [2.45, 2.75) is 30.7 Å². The van der Waals surface area contributed by atoms with Gasteiger partial charge in [0.05, 0.1) is 12.2 Å². The number of anilines is 1. The molecular formula is C28H25BClFN2O6S. The molecule has 1 amide bonds. The van der Waals surface area contributed by atoms with Crippen LogP contribution in [0.1, 0.15) is 51.2 Å². The molecule has 1 aliphatic carbocycles. The number of hydrogen-bond donors (Lipinski definition) is 3. The van der Waals surface area contributed by atoms with Crippen LogP contribution >= 0.6 is 11.6 Å². The minimum atomic E-state index is -3.73. The lowest BCUT2D eigenvalue weighted by Crippen LogP contribution is -2.29. The molecule has 6 rings (SSSR count). The van der Waals surface area contributed by atoms with Gasteiger partial charge in [-0.25, -0.2) is 12.8 Å². The van der Waals surface area contributed by atoms with Gasteiger partial charge in [0.25, 0.3) is 5.91 Å². The van der Waals surface area contributed by atoms with Crippen molar-refractivity contribution in [1.82, 2.24) is 5.32 Å². The number of nitrogens with one attached hydrogen (secondary N) is 2. The molecule has 0 saturated heterocycles. The van der Waals surface area contributed by atoms with Crippen LogP contribution in [0.25, 0.3) is 22.3 Å². The van der Waals surface area contributed by atoms with E-state index >= 15 is 0 Å². The Morgan fingerprint density at radius 1 is 1.18 bits per heavy atom. The van der Waals surface area contributed by atoms with E-state index in [9.17, 15) is 22.6 Å². The normalized spacial score (nSPS) is 15.8. The second-order valence-corrected chi connectivity index (χ2v) is 12.7. The summed E-state index contributed by atoms with van der Waals surface area (Å²) in [5.74, 6) is -0.405. The number of fused-ring (bicyclic) bond motifs is 2. The van der Waals surface area contributed by atoms with Crippen LogP contribution in [-0.4, -0.2) is 39.8 Å². The number of sulfone groups is 1. The SMILES string of the molecule is CNC(=O)c1c(-c2ccc(F)cc2)oc2cc(C(Nc3cc(Cl)c4c(c3)COB4O)S(C)(=O)=O)c(C3CC3)cc12. The fourth-order valence-corrected chi connectivity index (χ4v) is 6.63. The van der Waals surface area contributed by atoms with Gasteiger partial charge in [-0.15, -0.1) is 0 Å². The van der Waals surface area contributed by atoms with Crippen molar-refractivity contribution in [3.05, 3.63) is 81.6 Å². The standard InChI is InChI=1S/C28H25BClFN2O6S/c1-32-27(34)24-21-11-19(14-3-4-14)20(12-23(21)39-26(24)15-5-7-17(31)8-6-15)28(40(2,36)37)33-18-9-16-13-38-29(35)25(16)22(30)10-18/h5-12,14,28,33,35H,3-4,13H2,1-2H3,(H,32,34). The molecule has 1 unspecified atom stereocenters. The van der Waals surface area contributed by atoms with Gasteiger partial charge >= 0.3 is 7.12 Å². The molecule has 8 nitrogen and oxygen atoms in total. The van der Waals surface area contributed by atoms with E-state index in [-0.39, 0.29) is 29.2 Å². The van der Waals surface area contributed by atoms with Gasteiger partial charge in [0, 0.05) is 40.4 Å². The summed E-state index contributed by atoms with van der Waals surface area (Å²) in [6, 6.07) is 12.4. The van der Waals surface area contributed by atoms with Crippen molar-refractivity contribution in [3.8, 4) is 11.3 Å². The van der Waals surface area contributed by atoms with E-state index < -0.39 is 28.1 Å². The first-order chi connectivity index (χ1) is 19.0. The Morgan fingerprint density at radius 3 is 2.55 bits per heavy atom. The molecular weight excluding hydrogens is 558 g/mol. The third-order valence-corrected chi connectivity index (χ3v) is 8.88. The van der Waals surface area contributed by atoms with Gasteiger partial charge in [-0.1, -0.05) is 11.6 Å². The number of rotatable bonds is 7. The van der Waals surface area contributed by atoms with Crippen LogP contribution in [0.2, 0.25) is 5.02 Å². The fraction of sp³-hybridized carbons (Fsp3) is 0.250. The topological polar surface area (TPSA) is 118 Å². The number of hydrogen-bond acceptors (Lipinski definition) is 7. The maximum atomic E-state index is 13.6. The molecule has 0 spiro atoms. The van der Waals surface area contributed by atoms with E-state index in [1.54, 1.807) is 18.2 Å². The number of carbonyl (C=O) groups excluding carboxylic acids is 1. The van der Waals surface area contributed by atoms with Crippen LogP contribution in [-0.2, 0) is 21.1 Å². The monoisotopic (exact) mass is 582 g/mol. The van der Waals surface area contributed by atoms with Crippen LogP contribution in [0.15, 0.2) is 52.9 Å². The highest BCUT2D eigenvalue weighted by atomic mass is 35.5. The molecule has 1 fully saturated rings. The van der Waals surface area contributed by atoms with Gasteiger partial charge in [-0.05, 0) is 84.0 Å². The minimum Gasteiger partial charge on any atom is -0.455 e. The Morgan fingerprint density at radius 2 is 1.90 bits per heavy atom. The second kappa shape index (κ2) is 9.92. The molecule has 1 atom stereocenters. The minimum absolute atomic E-state index is 0.124. The van der Waals surface area contributed by atoms with Crippen LogP contribution < -0.4 is 16.1 Å². The lowest BCUT2D eigenvalue weighted by Gasteiger charge is -2.22. The maximum absolute atomic E-state index is 13.6. The summed E-state index contributed by atoms with van der Waals surface area (Å²) >= 11 is 6.41. The summed E-state index contributed by atoms with van der Waals surface area (Å²) in [4.78, 5) is 13.0. The Kier molecular flexibility index (Phi) is 6.65. The third kappa shape index (κ3) is 4.77. The molecule has 12 heteroatoms. The zero-order valence-electron chi connectivity index (χ0n) is 21.6. The Hall–Kier alpha value is -3.38. The molecule has 2 heterocycles. The summed E-state index contributed by atoms with van der Waals surface area (Å²) in [5.41, 5.74) is 4.04. The molecule has 0 bridgehead atoms. The predicted octanol–water partition coefficient (Wildman–Crippen LogP) is 4.50. The predicted molar refractivity (Wildman–Crippen MR) is 152 cm³/mol.